The summed E-state index contributed by atoms with van der Waals surface area (Å²) in [5.41, 5.74) is 0.0355. The van der Waals surface area contributed by atoms with Crippen molar-refractivity contribution in [3.8, 4) is 11.5 Å². The first kappa shape index (κ1) is 15.1. The second kappa shape index (κ2) is 6.43. The van der Waals surface area contributed by atoms with Crippen molar-refractivity contribution < 1.29 is 24.1 Å². The van der Waals surface area contributed by atoms with Crippen LogP contribution in [0.1, 0.15) is 24.5 Å². The summed E-state index contributed by atoms with van der Waals surface area (Å²) < 4.78 is 21.6. The zero-order valence-electron chi connectivity index (χ0n) is 12.2. The summed E-state index contributed by atoms with van der Waals surface area (Å²) in [5.74, 6) is 1.30. The number of rotatable bonds is 5. The molecule has 2 rings (SSSR count). The summed E-state index contributed by atoms with van der Waals surface area (Å²) in [6, 6.07) is 5.39. The third kappa shape index (κ3) is 2.75. The molecule has 0 amide bonds. The number of ether oxygens (including phenoxy) is 4. The van der Waals surface area contributed by atoms with Gasteiger partial charge in [-0.1, -0.05) is 0 Å². The normalized spacial score (nSPS) is 19.4. The molecule has 1 aliphatic heterocycles. The Bertz CT molecular complexity index is 440. The van der Waals surface area contributed by atoms with Crippen LogP contribution in [0.4, 0.5) is 0 Å². The van der Waals surface area contributed by atoms with Crippen molar-refractivity contribution >= 4 is 0 Å². The second-order valence-corrected chi connectivity index (χ2v) is 4.89. The van der Waals surface area contributed by atoms with Crippen LogP contribution in [0.15, 0.2) is 18.2 Å². The van der Waals surface area contributed by atoms with Gasteiger partial charge in [0.05, 0.1) is 14.2 Å². The highest BCUT2D eigenvalue weighted by molar-refractivity contribution is 5.42. The van der Waals surface area contributed by atoms with Crippen molar-refractivity contribution in [2.45, 2.75) is 24.5 Å². The zero-order chi connectivity index (χ0) is 14.6. The number of aliphatic hydroxyl groups is 1. The van der Waals surface area contributed by atoms with Crippen molar-refractivity contribution in [1.29, 1.82) is 0 Å². The predicted molar refractivity (Wildman–Crippen MR) is 74.3 cm³/mol. The molecule has 1 saturated heterocycles. The molecule has 0 aliphatic carbocycles. The molecule has 1 atom stereocenters. The van der Waals surface area contributed by atoms with E-state index in [1.54, 1.807) is 39.5 Å². The lowest BCUT2D eigenvalue weighted by Gasteiger charge is -2.40. The number of methoxy groups -OCH3 is 3. The average molecular weight is 282 g/mol. The summed E-state index contributed by atoms with van der Waals surface area (Å²) in [6.07, 6.45) is 0.497. The third-order valence-electron chi connectivity index (χ3n) is 3.98. The van der Waals surface area contributed by atoms with Crippen molar-refractivity contribution in [2.75, 3.05) is 34.5 Å². The minimum absolute atomic E-state index is 0.581. The van der Waals surface area contributed by atoms with E-state index in [2.05, 4.69) is 0 Å². The summed E-state index contributed by atoms with van der Waals surface area (Å²) in [6.45, 7) is 1.16. The van der Waals surface area contributed by atoms with Crippen LogP contribution in [0.25, 0.3) is 0 Å². The molecule has 112 valence electrons. The first-order chi connectivity index (χ1) is 9.66. The van der Waals surface area contributed by atoms with Gasteiger partial charge in [0.2, 0.25) is 0 Å². The molecule has 0 saturated carbocycles. The monoisotopic (exact) mass is 282 g/mol. The van der Waals surface area contributed by atoms with E-state index in [1.165, 1.54) is 0 Å². The number of hydrogen-bond acceptors (Lipinski definition) is 5. The van der Waals surface area contributed by atoms with Crippen LogP contribution in [0.5, 0.6) is 11.5 Å². The minimum Gasteiger partial charge on any atom is -0.497 e. The maximum atomic E-state index is 10.8. The van der Waals surface area contributed by atoms with Gasteiger partial charge in [0.15, 0.2) is 0 Å². The van der Waals surface area contributed by atoms with E-state index in [0.717, 1.165) is 0 Å². The van der Waals surface area contributed by atoms with Gasteiger partial charge in [0.25, 0.3) is 0 Å². The highest BCUT2D eigenvalue weighted by atomic mass is 16.5. The standard InChI is InChI=1S/C15H22O5/c1-17-11-4-5-13(18-2)12(10-11)14(16)15(19-3)6-8-20-9-7-15/h4-5,10,14,16H,6-9H2,1-3H3. The molecule has 0 aromatic heterocycles. The maximum absolute atomic E-state index is 10.8. The van der Waals surface area contributed by atoms with Crippen molar-refractivity contribution in [1.82, 2.24) is 0 Å². The molecule has 0 radical (unpaired) electrons. The Kier molecular flexibility index (Phi) is 4.86. The van der Waals surface area contributed by atoms with Crippen molar-refractivity contribution in [2.24, 2.45) is 0 Å². The Morgan fingerprint density at radius 2 is 1.85 bits per heavy atom. The van der Waals surface area contributed by atoms with E-state index in [0.29, 0.717) is 43.1 Å². The average Bonchev–Trinajstić information content (AvgIpc) is 2.54. The molecular formula is C15H22O5. The van der Waals surface area contributed by atoms with Crippen LogP contribution in [0.3, 0.4) is 0 Å². The Labute approximate surface area is 119 Å². The lowest BCUT2D eigenvalue weighted by atomic mass is 9.83. The minimum atomic E-state index is -0.790. The SMILES string of the molecule is COc1ccc(OC)c(C(O)C2(OC)CCOCC2)c1. The second-order valence-electron chi connectivity index (χ2n) is 4.89. The fraction of sp³-hybridized carbons (Fsp3) is 0.600. The summed E-state index contributed by atoms with van der Waals surface area (Å²) >= 11 is 0. The van der Waals surface area contributed by atoms with E-state index < -0.39 is 11.7 Å². The lowest BCUT2D eigenvalue weighted by Crippen LogP contribution is -2.43. The fourth-order valence-corrected chi connectivity index (χ4v) is 2.64. The summed E-state index contributed by atoms with van der Waals surface area (Å²) in [5, 5.41) is 10.8. The smallest absolute Gasteiger partial charge is 0.125 e. The van der Waals surface area contributed by atoms with Crippen LogP contribution in [0, 0.1) is 0 Å². The van der Waals surface area contributed by atoms with Gasteiger partial charge in [0, 0.05) is 38.7 Å². The van der Waals surface area contributed by atoms with Crippen LogP contribution in [-0.2, 0) is 9.47 Å². The first-order valence-corrected chi connectivity index (χ1v) is 6.70. The van der Waals surface area contributed by atoms with Crippen molar-refractivity contribution in [3.05, 3.63) is 23.8 Å². The van der Waals surface area contributed by atoms with Gasteiger partial charge < -0.3 is 24.1 Å². The number of aliphatic hydroxyl groups excluding tert-OH is 1. The largest absolute Gasteiger partial charge is 0.497 e. The Balaban J connectivity index is 2.37. The molecule has 5 heteroatoms. The van der Waals surface area contributed by atoms with E-state index >= 15 is 0 Å². The molecule has 0 bridgehead atoms. The fourth-order valence-electron chi connectivity index (χ4n) is 2.64. The van der Waals surface area contributed by atoms with Gasteiger partial charge in [-0.2, -0.15) is 0 Å². The quantitative estimate of drug-likeness (QED) is 0.894. The van der Waals surface area contributed by atoms with Crippen molar-refractivity contribution in [3.63, 3.8) is 0 Å². The topological polar surface area (TPSA) is 57.2 Å². The Morgan fingerprint density at radius 1 is 1.15 bits per heavy atom. The van der Waals surface area contributed by atoms with E-state index in [4.69, 9.17) is 18.9 Å². The number of benzene rings is 1. The maximum Gasteiger partial charge on any atom is 0.125 e. The molecule has 1 heterocycles. The van der Waals surface area contributed by atoms with Crippen LogP contribution >= 0.6 is 0 Å². The molecule has 1 fully saturated rings. The Morgan fingerprint density at radius 3 is 2.40 bits per heavy atom. The third-order valence-corrected chi connectivity index (χ3v) is 3.98. The highest BCUT2D eigenvalue weighted by Gasteiger charge is 2.41. The van der Waals surface area contributed by atoms with E-state index in [1.807, 2.05) is 0 Å². The molecule has 1 aliphatic rings. The molecular weight excluding hydrogens is 260 g/mol. The molecule has 1 aromatic rings. The van der Waals surface area contributed by atoms with Gasteiger partial charge in [-0.3, -0.25) is 0 Å². The van der Waals surface area contributed by atoms with Crippen LogP contribution in [-0.4, -0.2) is 45.3 Å². The summed E-state index contributed by atoms with van der Waals surface area (Å²) in [4.78, 5) is 0. The molecule has 1 aromatic carbocycles. The highest BCUT2D eigenvalue weighted by Crippen LogP contribution is 2.41. The molecule has 5 nitrogen and oxygen atoms in total. The predicted octanol–water partition coefficient (Wildman–Crippen LogP) is 1.93. The van der Waals surface area contributed by atoms with Crippen LogP contribution in [0.2, 0.25) is 0 Å². The van der Waals surface area contributed by atoms with Crippen LogP contribution < -0.4 is 9.47 Å². The lowest BCUT2D eigenvalue weighted by molar-refractivity contribution is -0.154. The summed E-state index contributed by atoms with van der Waals surface area (Å²) in [7, 11) is 4.81. The van der Waals surface area contributed by atoms with Gasteiger partial charge in [-0.05, 0) is 18.2 Å². The molecule has 20 heavy (non-hydrogen) atoms. The van der Waals surface area contributed by atoms with Gasteiger partial charge in [-0.15, -0.1) is 0 Å². The zero-order valence-corrected chi connectivity index (χ0v) is 12.2. The molecule has 0 spiro atoms. The Hall–Kier alpha value is -1.30. The van der Waals surface area contributed by atoms with E-state index in [-0.39, 0.29) is 0 Å². The number of hydrogen-bond donors (Lipinski definition) is 1. The van der Waals surface area contributed by atoms with E-state index in [9.17, 15) is 5.11 Å². The van der Waals surface area contributed by atoms with Gasteiger partial charge in [0.1, 0.15) is 23.2 Å². The molecule has 1 unspecified atom stereocenters. The first-order valence-electron chi connectivity index (χ1n) is 6.70. The van der Waals surface area contributed by atoms with Gasteiger partial charge in [-0.25, -0.2) is 0 Å². The molecule has 1 N–H and O–H groups in total. The van der Waals surface area contributed by atoms with Gasteiger partial charge >= 0.3 is 0 Å².